The molecule has 0 aliphatic rings. The number of guanidine groups is 1. The van der Waals surface area contributed by atoms with E-state index in [0.29, 0.717) is 0 Å². The fourth-order valence-corrected chi connectivity index (χ4v) is 2.95. The van der Waals surface area contributed by atoms with Crippen molar-refractivity contribution in [3.8, 4) is 0 Å². The molecule has 6 nitrogen and oxygen atoms in total. The lowest BCUT2D eigenvalue weighted by molar-refractivity contribution is 0.471. The summed E-state index contributed by atoms with van der Waals surface area (Å²) < 4.78 is 2.09. The number of nitrogens with one attached hydrogen (secondary N) is 1. The van der Waals surface area contributed by atoms with Crippen molar-refractivity contribution in [1.29, 1.82) is 0 Å². The normalized spacial score (nSPS) is 11.2. The van der Waals surface area contributed by atoms with Gasteiger partial charge in [-0.15, -0.1) is 34.2 Å². The van der Waals surface area contributed by atoms with E-state index in [1.165, 1.54) is 5.56 Å². The quantitative estimate of drug-likeness (QED) is 0.372. The number of aromatic nitrogens is 3. The van der Waals surface area contributed by atoms with Gasteiger partial charge >= 0.3 is 0 Å². The van der Waals surface area contributed by atoms with E-state index >= 15 is 0 Å². The van der Waals surface area contributed by atoms with Crippen LogP contribution < -0.4 is 5.32 Å². The minimum absolute atomic E-state index is 0. The van der Waals surface area contributed by atoms with Crippen LogP contribution in [-0.2, 0) is 19.5 Å². The first-order valence-corrected chi connectivity index (χ1v) is 9.06. The minimum Gasteiger partial charge on any atom is -0.354 e. The van der Waals surface area contributed by atoms with Crippen molar-refractivity contribution in [3.05, 3.63) is 34.5 Å². The maximum atomic E-state index is 4.68. The molecule has 0 aliphatic heterocycles. The zero-order chi connectivity index (χ0) is 16.5. The Labute approximate surface area is 165 Å². The van der Waals surface area contributed by atoms with Gasteiger partial charge in [0, 0.05) is 39.6 Å². The molecule has 0 aliphatic carbocycles. The lowest BCUT2D eigenvalue weighted by atomic mass is 10.3. The van der Waals surface area contributed by atoms with E-state index in [-0.39, 0.29) is 24.0 Å². The summed E-state index contributed by atoms with van der Waals surface area (Å²) in [5.41, 5.74) is 1.32. The predicted octanol–water partition coefficient (Wildman–Crippen LogP) is 3.01. The molecule has 0 fully saturated rings. The molecule has 134 valence electrons. The van der Waals surface area contributed by atoms with Crippen LogP contribution in [0.25, 0.3) is 0 Å². The first-order chi connectivity index (χ1) is 11.2. The van der Waals surface area contributed by atoms with E-state index in [0.717, 1.165) is 50.8 Å². The van der Waals surface area contributed by atoms with Gasteiger partial charge < -0.3 is 14.8 Å². The van der Waals surface area contributed by atoms with Crippen LogP contribution in [0.3, 0.4) is 0 Å². The molecule has 24 heavy (non-hydrogen) atoms. The maximum absolute atomic E-state index is 4.68. The Morgan fingerprint density at radius 2 is 2.25 bits per heavy atom. The topological polar surface area (TPSA) is 58.3 Å². The Balaban J connectivity index is 0.00000288. The van der Waals surface area contributed by atoms with Crippen molar-refractivity contribution in [2.24, 2.45) is 4.99 Å². The molecule has 0 atom stereocenters. The van der Waals surface area contributed by atoms with Crippen molar-refractivity contribution in [1.82, 2.24) is 25.0 Å². The number of thiophene rings is 1. The van der Waals surface area contributed by atoms with Crippen LogP contribution in [0.5, 0.6) is 0 Å². The van der Waals surface area contributed by atoms with E-state index in [4.69, 9.17) is 0 Å². The Morgan fingerprint density at radius 3 is 2.92 bits per heavy atom. The molecule has 0 unspecified atom stereocenters. The average Bonchev–Trinajstić information content (AvgIpc) is 3.21. The monoisotopic (exact) mass is 462 g/mol. The highest BCUT2D eigenvalue weighted by atomic mass is 127. The van der Waals surface area contributed by atoms with Crippen molar-refractivity contribution >= 4 is 41.3 Å². The van der Waals surface area contributed by atoms with Crippen molar-refractivity contribution in [3.63, 3.8) is 0 Å². The summed E-state index contributed by atoms with van der Waals surface area (Å²) in [7, 11) is 2.08. The van der Waals surface area contributed by atoms with Gasteiger partial charge in [-0.2, -0.15) is 11.3 Å². The number of rotatable bonds is 8. The molecule has 2 heterocycles. The zero-order valence-corrected chi connectivity index (χ0v) is 17.8. The molecular weight excluding hydrogens is 435 g/mol. The van der Waals surface area contributed by atoms with Gasteiger partial charge in [-0.25, -0.2) is 0 Å². The third-order valence-electron chi connectivity index (χ3n) is 3.49. The van der Waals surface area contributed by atoms with E-state index < -0.39 is 0 Å². The summed E-state index contributed by atoms with van der Waals surface area (Å²) in [5.74, 6) is 1.97. The Bertz CT molecular complexity index is 595. The van der Waals surface area contributed by atoms with Crippen molar-refractivity contribution in [2.45, 2.75) is 39.8 Å². The second-order valence-electron chi connectivity index (χ2n) is 5.41. The van der Waals surface area contributed by atoms with Gasteiger partial charge in [0.2, 0.25) is 0 Å². The third-order valence-corrected chi connectivity index (χ3v) is 4.23. The first kappa shape index (κ1) is 20.9. The molecule has 0 radical (unpaired) electrons. The molecule has 8 heteroatoms. The molecule has 0 bridgehead atoms. The average molecular weight is 462 g/mol. The molecule has 2 aromatic heterocycles. The largest absolute Gasteiger partial charge is 0.354 e. The van der Waals surface area contributed by atoms with Gasteiger partial charge in [0.05, 0.1) is 0 Å². The molecule has 0 spiro atoms. The number of halogens is 1. The second kappa shape index (κ2) is 11.4. The highest BCUT2D eigenvalue weighted by Gasteiger charge is 2.08. The van der Waals surface area contributed by atoms with Crippen LogP contribution in [0, 0.1) is 0 Å². The summed E-state index contributed by atoms with van der Waals surface area (Å²) >= 11 is 1.73. The fourth-order valence-electron chi connectivity index (χ4n) is 2.29. The first-order valence-electron chi connectivity index (χ1n) is 8.11. The number of hydrogen-bond acceptors (Lipinski definition) is 4. The minimum atomic E-state index is 0. The van der Waals surface area contributed by atoms with Crippen LogP contribution in [0.2, 0.25) is 0 Å². The summed E-state index contributed by atoms with van der Waals surface area (Å²) in [4.78, 5) is 6.85. The molecule has 0 saturated heterocycles. The maximum Gasteiger partial charge on any atom is 0.194 e. The lowest BCUT2D eigenvalue weighted by Crippen LogP contribution is -2.40. The Kier molecular flexibility index (Phi) is 9.92. The molecular formula is C16H27IN6S. The summed E-state index contributed by atoms with van der Waals surface area (Å²) in [6, 6.07) is 2.16. The van der Waals surface area contributed by atoms with E-state index in [2.05, 4.69) is 67.7 Å². The standard InChI is InChI=1S/C16H26N6S.HI/c1-4-7-17-16(21(3)11-14-6-10-23-12-14)18-8-9-22-13-19-20-15(22)5-2;/h6,10,12-13H,4-5,7-9,11H2,1-3H3,(H,17,18);1H. The van der Waals surface area contributed by atoms with Gasteiger partial charge in [0.1, 0.15) is 12.2 Å². The number of hydrogen-bond donors (Lipinski definition) is 1. The van der Waals surface area contributed by atoms with Gasteiger partial charge in [-0.3, -0.25) is 4.99 Å². The lowest BCUT2D eigenvalue weighted by Gasteiger charge is -2.22. The number of aliphatic imine (C=N–C) groups is 1. The SMILES string of the molecule is CCCN=C(NCCn1cnnc1CC)N(C)Cc1ccsc1.I. The highest BCUT2D eigenvalue weighted by molar-refractivity contribution is 14.0. The molecule has 0 amide bonds. The molecule has 0 aromatic carbocycles. The predicted molar refractivity (Wildman–Crippen MR) is 111 cm³/mol. The van der Waals surface area contributed by atoms with Gasteiger partial charge in [0.25, 0.3) is 0 Å². The molecule has 2 aromatic rings. The van der Waals surface area contributed by atoms with Crippen LogP contribution in [0.1, 0.15) is 31.7 Å². The van der Waals surface area contributed by atoms with Gasteiger partial charge in [0.15, 0.2) is 5.96 Å². The summed E-state index contributed by atoms with van der Waals surface area (Å²) in [6.07, 6.45) is 3.73. The van der Waals surface area contributed by atoms with Crippen LogP contribution >= 0.6 is 35.3 Å². The number of nitrogens with zero attached hydrogens (tertiary/aromatic N) is 5. The smallest absolute Gasteiger partial charge is 0.194 e. The van der Waals surface area contributed by atoms with E-state index in [1.54, 1.807) is 17.7 Å². The zero-order valence-electron chi connectivity index (χ0n) is 14.6. The van der Waals surface area contributed by atoms with E-state index in [1.807, 2.05) is 0 Å². The summed E-state index contributed by atoms with van der Waals surface area (Å²) in [6.45, 7) is 7.59. The number of aryl methyl sites for hydroxylation is 1. The van der Waals surface area contributed by atoms with Crippen molar-refractivity contribution in [2.75, 3.05) is 20.1 Å². The second-order valence-corrected chi connectivity index (χ2v) is 6.19. The highest BCUT2D eigenvalue weighted by Crippen LogP contribution is 2.08. The molecule has 2 rings (SSSR count). The van der Waals surface area contributed by atoms with Gasteiger partial charge in [-0.05, 0) is 28.8 Å². The Morgan fingerprint density at radius 1 is 1.42 bits per heavy atom. The fraction of sp³-hybridized carbons (Fsp3) is 0.562. The van der Waals surface area contributed by atoms with Crippen LogP contribution in [0.15, 0.2) is 28.1 Å². The van der Waals surface area contributed by atoms with Crippen LogP contribution in [-0.4, -0.2) is 45.8 Å². The van der Waals surface area contributed by atoms with E-state index in [9.17, 15) is 0 Å². The molecule has 0 saturated carbocycles. The molecule has 1 N–H and O–H groups in total. The van der Waals surface area contributed by atoms with Crippen molar-refractivity contribution < 1.29 is 0 Å². The van der Waals surface area contributed by atoms with Gasteiger partial charge in [-0.1, -0.05) is 13.8 Å². The summed E-state index contributed by atoms with van der Waals surface area (Å²) in [5, 5.41) is 15.8. The third kappa shape index (κ3) is 6.39. The van der Waals surface area contributed by atoms with Crippen LogP contribution in [0.4, 0.5) is 0 Å². The Hall–Kier alpha value is -1.16.